The van der Waals surface area contributed by atoms with Gasteiger partial charge in [-0.1, -0.05) is 46.3 Å². The molecule has 4 aromatic rings. The number of para-hydroxylation sites is 1. The van der Waals surface area contributed by atoms with E-state index in [1.54, 1.807) is 19.4 Å². The molecule has 5 heteroatoms. The maximum absolute atomic E-state index is 12.7. The molecule has 0 saturated carbocycles. The summed E-state index contributed by atoms with van der Waals surface area (Å²) in [5.74, 6) is 0.515. The first kappa shape index (κ1) is 21.9. The Hall–Kier alpha value is -3.31. The summed E-state index contributed by atoms with van der Waals surface area (Å²) >= 11 is 3.54. The Morgan fingerprint density at radius 3 is 2.59 bits per heavy atom. The lowest BCUT2D eigenvalue weighted by Gasteiger charge is -2.13. The molecule has 0 aliphatic heterocycles. The maximum Gasteiger partial charge on any atom is 0.248 e. The number of carbonyl (C=O) groups excluding carboxylic acids is 1. The highest BCUT2D eigenvalue weighted by Gasteiger charge is 2.19. The number of nitrogens with one attached hydrogen (secondary N) is 1. The number of benzene rings is 3. The first-order valence-electron chi connectivity index (χ1n) is 10.3. The first-order chi connectivity index (χ1) is 15.4. The minimum atomic E-state index is -0.184. The summed E-state index contributed by atoms with van der Waals surface area (Å²) in [4.78, 5) is 12.7. The number of carbonyl (C=O) groups is 1. The Balaban J connectivity index is 1.78. The molecule has 162 valence electrons. The zero-order chi connectivity index (χ0) is 22.8. The van der Waals surface area contributed by atoms with E-state index < -0.39 is 0 Å². The number of amides is 1. The number of methoxy groups -OCH3 is 1. The summed E-state index contributed by atoms with van der Waals surface area (Å²) in [6.45, 7) is 5.85. The Labute approximate surface area is 196 Å². The minimum absolute atomic E-state index is 0.184. The molecule has 1 N–H and O–H groups in total. The topological polar surface area (TPSA) is 51.5 Å². The van der Waals surface area contributed by atoms with Gasteiger partial charge in [-0.3, -0.25) is 4.79 Å². The number of ether oxygens (including phenoxy) is 1. The predicted octanol–water partition coefficient (Wildman–Crippen LogP) is 7.53. The van der Waals surface area contributed by atoms with Gasteiger partial charge in [0.1, 0.15) is 11.3 Å². The van der Waals surface area contributed by atoms with E-state index in [1.807, 2.05) is 69.3 Å². The average molecular weight is 490 g/mol. The normalized spacial score (nSPS) is 11.6. The molecule has 0 spiro atoms. The number of allylic oxidation sites excluding steroid dienone is 1. The van der Waals surface area contributed by atoms with Crippen LogP contribution in [0.15, 0.2) is 75.8 Å². The summed E-state index contributed by atoms with van der Waals surface area (Å²) in [5, 5.41) is 3.93. The van der Waals surface area contributed by atoms with E-state index in [-0.39, 0.29) is 5.91 Å². The first-order valence-corrected chi connectivity index (χ1v) is 11.1. The zero-order valence-electron chi connectivity index (χ0n) is 18.5. The molecule has 1 amide bonds. The minimum Gasteiger partial charge on any atom is -0.496 e. The highest BCUT2D eigenvalue weighted by Crippen LogP contribution is 2.41. The third-order valence-corrected chi connectivity index (χ3v) is 6.05. The molecule has 32 heavy (non-hydrogen) atoms. The van der Waals surface area contributed by atoms with Crippen molar-refractivity contribution in [3.8, 4) is 16.9 Å². The summed E-state index contributed by atoms with van der Waals surface area (Å²) in [5.41, 5.74) is 7.18. The lowest BCUT2D eigenvalue weighted by Crippen LogP contribution is -2.09. The standard InChI is InChI=1S/C27H24BrNO3/c1-16-8-5-6-11-24(16)29-25(30)12-17(2)21-14-22-23(19-9-7-10-20(28)13-19)15-32-27(22)18(3)26(21)31-4/h5-15H,1-4H3,(H,29,30)/b17-12+. The van der Waals surface area contributed by atoms with Crippen LogP contribution in [0.5, 0.6) is 5.75 Å². The van der Waals surface area contributed by atoms with Gasteiger partial charge in [0.2, 0.25) is 5.91 Å². The van der Waals surface area contributed by atoms with Crippen molar-refractivity contribution in [3.63, 3.8) is 0 Å². The Bertz CT molecular complexity index is 1350. The van der Waals surface area contributed by atoms with Gasteiger partial charge in [-0.05, 0) is 61.7 Å². The van der Waals surface area contributed by atoms with Crippen molar-refractivity contribution in [1.29, 1.82) is 0 Å². The van der Waals surface area contributed by atoms with Crippen molar-refractivity contribution in [3.05, 3.63) is 88.1 Å². The van der Waals surface area contributed by atoms with Gasteiger partial charge in [-0.15, -0.1) is 0 Å². The van der Waals surface area contributed by atoms with Crippen molar-refractivity contribution in [2.75, 3.05) is 12.4 Å². The molecular weight excluding hydrogens is 466 g/mol. The molecule has 0 radical (unpaired) electrons. The Kier molecular flexibility index (Phi) is 6.19. The van der Waals surface area contributed by atoms with E-state index in [2.05, 4.69) is 27.3 Å². The van der Waals surface area contributed by atoms with Crippen LogP contribution in [-0.2, 0) is 4.79 Å². The fourth-order valence-electron chi connectivity index (χ4n) is 3.91. The van der Waals surface area contributed by atoms with Crippen molar-refractivity contribution < 1.29 is 13.9 Å². The summed E-state index contributed by atoms with van der Waals surface area (Å²) < 4.78 is 12.6. The van der Waals surface area contributed by atoms with E-state index in [4.69, 9.17) is 9.15 Å². The molecule has 3 aromatic carbocycles. The van der Waals surface area contributed by atoms with Crippen molar-refractivity contribution in [1.82, 2.24) is 0 Å². The maximum atomic E-state index is 12.7. The van der Waals surface area contributed by atoms with Gasteiger partial charge in [0.05, 0.1) is 13.4 Å². The van der Waals surface area contributed by atoms with Crippen molar-refractivity contribution in [2.24, 2.45) is 0 Å². The SMILES string of the molecule is COc1c(/C(C)=C/C(=O)Nc2ccccc2C)cc2c(-c3cccc(Br)c3)coc2c1C. The zero-order valence-corrected chi connectivity index (χ0v) is 20.0. The lowest BCUT2D eigenvalue weighted by molar-refractivity contribution is -0.111. The second-order valence-corrected chi connectivity index (χ2v) is 8.67. The van der Waals surface area contributed by atoms with Crippen LogP contribution in [-0.4, -0.2) is 13.0 Å². The molecule has 0 saturated heterocycles. The average Bonchev–Trinajstić information content (AvgIpc) is 3.19. The van der Waals surface area contributed by atoms with E-state index >= 15 is 0 Å². The lowest BCUT2D eigenvalue weighted by atomic mass is 9.96. The number of anilines is 1. The summed E-state index contributed by atoms with van der Waals surface area (Å²) in [7, 11) is 1.64. The number of hydrogen-bond donors (Lipinski definition) is 1. The molecule has 0 fully saturated rings. The molecule has 1 heterocycles. The van der Waals surface area contributed by atoms with Crippen LogP contribution in [0.25, 0.3) is 27.7 Å². The van der Waals surface area contributed by atoms with Crippen molar-refractivity contribution >= 4 is 44.1 Å². The fraction of sp³-hybridized carbons (Fsp3) is 0.148. The molecule has 0 unspecified atom stereocenters. The van der Waals surface area contributed by atoms with Crippen molar-refractivity contribution in [2.45, 2.75) is 20.8 Å². The number of hydrogen-bond acceptors (Lipinski definition) is 3. The molecule has 4 rings (SSSR count). The predicted molar refractivity (Wildman–Crippen MR) is 134 cm³/mol. The van der Waals surface area contributed by atoms with Crippen LogP contribution in [0.2, 0.25) is 0 Å². The molecule has 4 nitrogen and oxygen atoms in total. The van der Waals surface area contributed by atoms with Crippen LogP contribution in [0.1, 0.15) is 23.6 Å². The smallest absolute Gasteiger partial charge is 0.248 e. The molecule has 0 aliphatic rings. The number of halogens is 1. The highest BCUT2D eigenvalue weighted by atomic mass is 79.9. The van der Waals surface area contributed by atoms with Gasteiger partial charge < -0.3 is 14.5 Å². The van der Waals surface area contributed by atoms with Crippen LogP contribution in [0.3, 0.4) is 0 Å². The third kappa shape index (κ3) is 4.21. The largest absolute Gasteiger partial charge is 0.496 e. The summed E-state index contributed by atoms with van der Waals surface area (Å²) in [6.07, 6.45) is 3.38. The Morgan fingerprint density at radius 1 is 1.09 bits per heavy atom. The van der Waals surface area contributed by atoms with E-state index in [9.17, 15) is 4.79 Å². The van der Waals surface area contributed by atoms with Crippen LogP contribution < -0.4 is 10.1 Å². The quantitative estimate of drug-likeness (QED) is 0.294. The van der Waals surface area contributed by atoms with Gasteiger partial charge in [0.15, 0.2) is 0 Å². The molecule has 0 atom stereocenters. The van der Waals surface area contributed by atoms with Gasteiger partial charge in [0.25, 0.3) is 0 Å². The van der Waals surface area contributed by atoms with Crippen LogP contribution >= 0.6 is 15.9 Å². The molecular formula is C27H24BrNO3. The number of aryl methyl sites for hydroxylation is 2. The van der Waals surface area contributed by atoms with Gasteiger partial charge in [-0.2, -0.15) is 0 Å². The van der Waals surface area contributed by atoms with Gasteiger partial charge in [-0.25, -0.2) is 0 Å². The van der Waals surface area contributed by atoms with Gasteiger partial charge >= 0.3 is 0 Å². The molecule has 1 aromatic heterocycles. The number of furan rings is 1. The van der Waals surface area contributed by atoms with Crippen LogP contribution in [0.4, 0.5) is 5.69 Å². The van der Waals surface area contributed by atoms with E-state index in [0.29, 0.717) is 5.75 Å². The van der Waals surface area contributed by atoms with Gasteiger partial charge in [0, 0.05) is 38.3 Å². The van der Waals surface area contributed by atoms with E-state index in [0.717, 1.165) is 54.5 Å². The Morgan fingerprint density at radius 2 is 1.88 bits per heavy atom. The van der Waals surface area contributed by atoms with Crippen LogP contribution in [0, 0.1) is 13.8 Å². The number of rotatable bonds is 5. The summed E-state index contributed by atoms with van der Waals surface area (Å²) in [6, 6.07) is 17.8. The van der Waals surface area contributed by atoms with E-state index in [1.165, 1.54) is 0 Å². The second kappa shape index (κ2) is 9.05. The molecule has 0 bridgehead atoms. The number of fused-ring (bicyclic) bond motifs is 1. The fourth-order valence-corrected chi connectivity index (χ4v) is 4.31. The monoisotopic (exact) mass is 489 g/mol. The molecule has 0 aliphatic carbocycles. The third-order valence-electron chi connectivity index (χ3n) is 5.56. The second-order valence-electron chi connectivity index (χ2n) is 7.75. The highest BCUT2D eigenvalue weighted by molar-refractivity contribution is 9.10.